The molecule has 5 heteroatoms. The lowest BCUT2D eigenvalue weighted by molar-refractivity contribution is 0.619. The SMILES string of the molecule is Brc1cnc2nc(-c3cccnc3)oc2c1. The van der Waals surface area contributed by atoms with E-state index in [1.807, 2.05) is 18.2 Å². The second-order valence-electron chi connectivity index (χ2n) is 3.24. The van der Waals surface area contributed by atoms with Gasteiger partial charge in [-0.1, -0.05) is 0 Å². The summed E-state index contributed by atoms with van der Waals surface area (Å²) in [7, 11) is 0. The molecule has 0 saturated carbocycles. The van der Waals surface area contributed by atoms with Crippen molar-refractivity contribution in [3.63, 3.8) is 0 Å². The van der Waals surface area contributed by atoms with E-state index in [4.69, 9.17) is 4.42 Å². The van der Waals surface area contributed by atoms with Crippen molar-refractivity contribution >= 4 is 27.2 Å². The fraction of sp³-hybridized carbons (Fsp3) is 0. The van der Waals surface area contributed by atoms with Crippen LogP contribution in [-0.2, 0) is 0 Å². The maximum atomic E-state index is 5.59. The van der Waals surface area contributed by atoms with Crippen LogP contribution < -0.4 is 0 Å². The lowest BCUT2D eigenvalue weighted by Crippen LogP contribution is -1.78. The van der Waals surface area contributed by atoms with Crippen molar-refractivity contribution in [3.05, 3.63) is 41.3 Å². The molecular formula is C11H6BrN3O. The van der Waals surface area contributed by atoms with Crippen molar-refractivity contribution in [1.82, 2.24) is 15.0 Å². The lowest BCUT2D eigenvalue weighted by Gasteiger charge is -1.90. The zero-order valence-electron chi connectivity index (χ0n) is 8.09. The Morgan fingerprint density at radius 2 is 2.19 bits per heavy atom. The quantitative estimate of drug-likeness (QED) is 0.685. The molecule has 0 saturated heterocycles. The Morgan fingerprint density at radius 1 is 1.25 bits per heavy atom. The minimum Gasteiger partial charge on any atom is -0.434 e. The van der Waals surface area contributed by atoms with Crippen LogP contribution in [0.1, 0.15) is 0 Å². The van der Waals surface area contributed by atoms with E-state index in [9.17, 15) is 0 Å². The van der Waals surface area contributed by atoms with E-state index in [0.717, 1.165) is 10.0 Å². The predicted octanol–water partition coefficient (Wildman–Crippen LogP) is 3.05. The molecule has 3 rings (SSSR count). The molecule has 0 bridgehead atoms. The van der Waals surface area contributed by atoms with E-state index in [2.05, 4.69) is 30.9 Å². The minimum absolute atomic E-state index is 0.536. The van der Waals surface area contributed by atoms with Crippen LogP contribution in [0.4, 0.5) is 0 Å². The Balaban J connectivity index is 2.19. The molecule has 0 spiro atoms. The van der Waals surface area contributed by atoms with Crippen molar-refractivity contribution in [1.29, 1.82) is 0 Å². The monoisotopic (exact) mass is 275 g/mol. The Bertz CT molecular complexity index is 636. The van der Waals surface area contributed by atoms with Gasteiger partial charge in [0.05, 0.1) is 5.56 Å². The van der Waals surface area contributed by atoms with Crippen molar-refractivity contribution in [3.8, 4) is 11.5 Å². The number of hydrogen-bond acceptors (Lipinski definition) is 4. The molecule has 0 fully saturated rings. The maximum Gasteiger partial charge on any atom is 0.230 e. The van der Waals surface area contributed by atoms with Crippen molar-refractivity contribution in [2.45, 2.75) is 0 Å². The third kappa shape index (κ3) is 1.59. The highest BCUT2D eigenvalue weighted by molar-refractivity contribution is 9.10. The number of nitrogens with zero attached hydrogens (tertiary/aromatic N) is 3. The predicted molar refractivity (Wildman–Crippen MR) is 62.7 cm³/mol. The van der Waals surface area contributed by atoms with Crippen molar-refractivity contribution in [2.75, 3.05) is 0 Å². The molecule has 0 radical (unpaired) electrons. The molecule has 3 aromatic rings. The van der Waals surface area contributed by atoms with Crippen LogP contribution in [0.25, 0.3) is 22.7 Å². The van der Waals surface area contributed by atoms with Crippen LogP contribution in [0.3, 0.4) is 0 Å². The van der Waals surface area contributed by atoms with Gasteiger partial charge in [0.15, 0.2) is 11.2 Å². The molecule has 3 heterocycles. The van der Waals surface area contributed by atoms with E-state index in [0.29, 0.717) is 17.1 Å². The highest BCUT2D eigenvalue weighted by Crippen LogP contribution is 2.23. The van der Waals surface area contributed by atoms with Gasteiger partial charge in [-0.2, -0.15) is 4.98 Å². The summed E-state index contributed by atoms with van der Waals surface area (Å²) in [5.74, 6) is 0.536. The first-order valence-electron chi connectivity index (χ1n) is 4.65. The number of halogens is 1. The molecule has 16 heavy (non-hydrogen) atoms. The normalized spacial score (nSPS) is 10.8. The van der Waals surface area contributed by atoms with Crippen LogP contribution >= 0.6 is 15.9 Å². The van der Waals surface area contributed by atoms with Crippen molar-refractivity contribution in [2.24, 2.45) is 0 Å². The largest absolute Gasteiger partial charge is 0.434 e. The van der Waals surface area contributed by atoms with E-state index in [1.54, 1.807) is 18.6 Å². The molecule has 0 aliphatic rings. The van der Waals surface area contributed by atoms with Crippen LogP contribution in [0, 0.1) is 0 Å². The highest BCUT2D eigenvalue weighted by atomic mass is 79.9. The van der Waals surface area contributed by atoms with Crippen LogP contribution in [0.15, 0.2) is 45.7 Å². The summed E-state index contributed by atoms with van der Waals surface area (Å²) in [5, 5.41) is 0. The molecule has 0 aromatic carbocycles. The summed E-state index contributed by atoms with van der Waals surface area (Å²) in [6.07, 6.45) is 5.11. The standard InChI is InChI=1S/C11H6BrN3O/c12-8-4-9-10(14-6-8)15-11(16-9)7-2-1-3-13-5-7/h1-6H. The lowest BCUT2D eigenvalue weighted by atomic mass is 10.3. The molecule has 3 aromatic heterocycles. The Labute approximate surface area is 99.5 Å². The number of fused-ring (bicyclic) bond motifs is 1. The van der Waals surface area contributed by atoms with E-state index in [1.165, 1.54) is 0 Å². The summed E-state index contributed by atoms with van der Waals surface area (Å²) in [6, 6.07) is 5.58. The molecule has 78 valence electrons. The zero-order valence-corrected chi connectivity index (χ0v) is 9.68. The highest BCUT2D eigenvalue weighted by Gasteiger charge is 2.08. The second kappa shape index (κ2) is 3.68. The number of oxazole rings is 1. The van der Waals surface area contributed by atoms with Crippen molar-refractivity contribution < 1.29 is 4.42 Å². The number of rotatable bonds is 1. The van der Waals surface area contributed by atoms with Gasteiger partial charge < -0.3 is 4.42 Å². The minimum atomic E-state index is 0.536. The average Bonchev–Trinajstić information content (AvgIpc) is 2.73. The van der Waals surface area contributed by atoms with E-state index < -0.39 is 0 Å². The second-order valence-corrected chi connectivity index (χ2v) is 4.15. The topological polar surface area (TPSA) is 51.8 Å². The first kappa shape index (κ1) is 9.47. The maximum absolute atomic E-state index is 5.59. The third-order valence-electron chi connectivity index (χ3n) is 2.12. The summed E-state index contributed by atoms with van der Waals surface area (Å²) in [5.41, 5.74) is 2.10. The molecular weight excluding hydrogens is 270 g/mol. The van der Waals surface area contributed by atoms with Gasteiger partial charge in [-0.3, -0.25) is 4.98 Å². The fourth-order valence-corrected chi connectivity index (χ4v) is 1.72. The summed E-state index contributed by atoms with van der Waals surface area (Å²) in [6.45, 7) is 0. The Kier molecular flexibility index (Phi) is 2.18. The Morgan fingerprint density at radius 3 is 3.00 bits per heavy atom. The summed E-state index contributed by atoms with van der Waals surface area (Å²) < 4.78 is 6.46. The van der Waals surface area contributed by atoms with Gasteiger partial charge in [0.1, 0.15) is 0 Å². The fourth-order valence-electron chi connectivity index (χ4n) is 1.41. The van der Waals surface area contributed by atoms with Gasteiger partial charge in [-0.25, -0.2) is 4.98 Å². The molecule has 0 aliphatic heterocycles. The number of aromatic nitrogens is 3. The summed E-state index contributed by atoms with van der Waals surface area (Å²) in [4.78, 5) is 12.5. The van der Waals surface area contributed by atoms with Gasteiger partial charge in [-0.15, -0.1) is 0 Å². The molecule has 0 N–H and O–H groups in total. The number of pyridine rings is 2. The third-order valence-corrected chi connectivity index (χ3v) is 2.56. The van der Waals surface area contributed by atoms with Crippen LogP contribution in [0.2, 0.25) is 0 Å². The van der Waals surface area contributed by atoms with E-state index >= 15 is 0 Å². The van der Waals surface area contributed by atoms with Gasteiger partial charge >= 0.3 is 0 Å². The molecule has 0 aliphatic carbocycles. The molecule has 4 nitrogen and oxygen atoms in total. The van der Waals surface area contributed by atoms with Crippen LogP contribution in [-0.4, -0.2) is 15.0 Å². The summed E-state index contributed by atoms with van der Waals surface area (Å²) >= 11 is 3.34. The average molecular weight is 276 g/mol. The van der Waals surface area contributed by atoms with Gasteiger partial charge in [0.25, 0.3) is 0 Å². The molecule has 0 unspecified atom stereocenters. The van der Waals surface area contributed by atoms with Gasteiger partial charge in [0.2, 0.25) is 5.89 Å². The first-order valence-corrected chi connectivity index (χ1v) is 5.45. The zero-order chi connectivity index (χ0) is 11.0. The van der Waals surface area contributed by atoms with E-state index in [-0.39, 0.29) is 0 Å². The van der Waals surface area contributed by atoms with Crippen LogP contribution in [0.5, 0.6) is 0 Å². The Hall–Kier alpha value is -1.75. The molecule has 0 atom stereocenters. The number of hydrogen-bond donors (Lipinski definition) is 0. The van der Waals surface area contributed by atoms with Gasteiger partial charge in [0, 0.05) is 29.1 Å². The molecule has 0 amide bonds. The van der Waals surface area contributed by atoms with Gasteiger partial charge in [-0.05, 0) is 28.1 Å². The smallest absolute Gasteiger partial charge is 0.230 e. The first-order chi connectivity index (χ1) is 7.83.